The Morgan fingerprint density at radius 1 is 1.05 bits per heavy atom. The Bertz CT molecular complexity index is 1500. The lowest BCUT2D eigenvalue weighted by Crippen LogP contribution is -2.30. The summed E-state index contributed by atoms with van der Waals surface area (Å²) in [6.07, 6.45) is 0. The maximum Gasteiger partial charge on any atom is 0.345 e. The van der Waals surface area contributed by atoms with Crippen molar-refractivity contribution in [1.29, 1.82) is 0 Å². The highest BCUT2D eigenvalue weighted by Crippen LogP contribution is 2.28. The predicted molar refractivity (Wildman–Crippen MR) is 152 cm³/mol. The molecule has 2 aromatic heterocycles. The van der Waals surface area contributed by atoms with E-state index in [0.717, 1.165) is 11.3 Å². The van der Waals surface area contributed by atoms with Crippen LogP contribution in [0.5, 0.6) is 0 Å². The second-order valence-corrected chi connectivity index (χ2v) is 11.3. The minimum absolute atomic E-state index is 0.0405. The zero-order valence-corrected chi connectivity index (χ0v) is 22.3. The van der Waals surface area contributed by atoms with Crippen LogP contribution < -0.4 is 33.0 Å². The number of anilines is 1. The van der Waals surface area contributed by atoms with Crippen LogP contribution in [0.1, 0.15) is 5.69 Å². The molecule has 0 fully saturated rings. The van der Waals surface area contributed by atoms with Crippen molar-refractivity contribution in [2.45, 2.75) is 5.75 Å². The molecule has 37 heavy (non-hydrogen) atoms. The quantitative estimate of drug-likeness (QED) is 0.120. The zero-order chi connectivity index (χ0) is 26.4. The third kappa shape index (κ3) is 7.62. The molecule has 0 saturated carbocycles. The summed E-state index contributed by atoms with van der Waals surface area (Å²) in [5.74, 6) is 1.39. The molecule has 0 saturated heterocycles. The van der Waals surface area contributed by atoms with Gasteiger partial charge in [0.05, 0.1) is 17.9 Å². The number of aromatic nitrogens is 2. The molecule has 194 valence electrons. The molecule has 0 bridgehead atoms. The van der Waals surface area contributed by atoms with Gasteiger partial charge >= 0.3 is 10.2 Å². The van der Waals surface area contributed by atoms with Crippen molar-refractivity contribution in [3.8, 4) is 11.3 Å². The first kappa shape index (κ1) is 26.3. The van der Waals surface area contributed by atoms with Crippen LogP contribution in [-0.4, -0.2) is 54.3 Å². The average molecular weight is 579 g/mol. The Kier molecular flexibility index (Phi) is 8.21. The molecule has 3 aromatic rings. The number of amidine groups is 2. The van der Waals surface area contributed by atoms with Gasteiger partial charge in [-0.3, -0.25) is 4.99 Å². The van der Waals surface area contributed by atoms with E-state index in [2.05, 4.69) is 39.4 Å². The summed E-state index contributed by atoms with van der Waals surface area (Å²) in [5, 5.41) is 7.64. The van der Waals surface area contributed by atoms with Crippen molar-refractivity contribution in [2.24, 2.45) is 42.3 Å². The molecule has 0 radical (unpaired) electrons. The first-order valence-electron chi connectivity index (χ1n) is 10.4. The molecule has 0 atom stereocenters. The number of aliphatic imine (C=N–C) groups is 3. The summed E-state index contributed by atoms with van der Waals surface area (Å²) in [4.78, 5) is 20.9. The number of thioether (sulfide) groups is 1. The summed E-state index contributed by atoms with van der Waals surface area (Å²) >= 11 is 4.23. The summed E-state index contributed by atoms with van der Waals surface area (Å²) in [7, 11) is -3.88. The molecule has 1 aliphatic rings. The highest BCUT2D eigenvalue weighted by atomic mass is 32.2. The monoisotopic (exact) mass is 578 g/mol. The van der Waals surface area contributed by atoms with Crippen LogP contribution in [0.4, 0.5) is 16.0 Å². The van der Waals surface area contributed by atoms with E-state index in [4.69, 9.17) is 22.9 Å². The number of rotatable bonds is 9. The standard InChI is InChI=1S/C19H22N12O2S4/c20-16(21)28-18-26-12(8-35-18)7-34-5-4-24-14-15(31-37(32,33)30-14)25-11-3-1-2-10(6-11)13-9-36-19(27-13)29-17(22)23/h1-3,6,8-9H,4-5,7H2,(H,24,30)(H,25,31)(H4,20,21,26,28)(H4,22,23,27,29). The molecule has 0 spiro atoms. The Labute approximate surface area is 224 Å². The zero-order valence-electron chi connectivity index (χ0n) is 19.0. The van der Waals surface area contributed by atoms with Gasteiger partial charge in [-0.1, -0.05) is 12.1 Å². The van der Waals surface area contributed by atoms with Gasteiger partial charge < -0.3 is 28.3 Å². The predicted octanol–water partition coefficient (Wildman–Crippen LogP) is 1.07. The molecule has 1 aromatic carbocycles. The lowest BCUT2D eigenvalue weighted by Gasteiger charge is -2.07. The van der Waals surface area contributed by atoms with Crippen molar-refractivity contribution >= 4 is 84.2 Å². The summed E-state index contributed by atoms with van der Waals surface area (Å²) in [5.41, 5.74) is 24.4. The van der Waals surface area contributed by atoms with Crippen molar-refractivity contribution < 1.29 is 8.42 Å². The molecule has 0 amide bonds. The second kappa shape index (κ2) is 11.5. The number of nitrogens with two attached hydrogens (primary N) is 4. The van der Waals surface area contributed by atoms with Gasteiger partial charge in [-0.25, -0.2) is 14.7 Å². The number of nitrogens with zero attached hydrogens (tertiary/aromatic N) is 6. The van der Waals surface area contributed by atoms with Crippen molar-refractivity contribution in [2.75, 3.05) is 17.6 Å². The van der Waals surface area contributed by atoms with Crippen LogP contribution in [-0.2, 0) is 16.0 Å². The maximum absolute atomic E-state index is 12.1. The van der Waals surface area contributed by atoms with Crippen LogP contribution in [0.2, 0.25) is 0 Å². The van der Waals surface area contributed by atoms with Gasteiger partial charge in [-0.2, -0.15) is 30.2 Å². The molecule has 10 N–H and O–H groups in total. The van der Waals surface area contributed by atoms with Gasteiger partial charge in [-0.05, 0) is 12.1 Å². The third-order valence-corrected chi connectivity index (χ3v) is 7.68. The minimum Gasteiger partial charge on any atom is -0.370 e. The van der Waals surface area contributed by atoms with E-state index in [1.807, 2.05) is 16.8 Å². The number of benzene rings is 1. The number of thiazole rings is 2. The van der Waals surface area contributed by atoms with Crippen molar-refractivity contribution in [3.05, 3.63) is 40.7 Å². The number of guanidine groups is 2. The van der Waals surface area contributed by atoms with Crippen LogP contribution in [0.25, 0.3) is 11.3 Å². The normalized spacial score (nSPS) is 15.1. The van der Waals surface area contributed by atoms with Crippen LogP contribution in [0.3, 0.4) is 0 Å². The van der Waals surface area contributed by atoms with E-state index in [1.54, 1.807) is 30.0 Å². The number of nitrogens with one attached hydrogen (secondary N) is 2. The molecule has 14 nitrogen and oxygen atoms in total. The molecular weight excluding hydrogens is 557 g/mol. The van der Waals surface area contributed by atoms with Gasteiger partial charge in [0.1, 0.15) is 0 Å². The fourth-order valence-electron chi connectivity index (χ4n) is 2.92. The average Bonchev–Trinajstić information content (AvgIpc) is 3.52. The van der Waals surface area contributed by atoms with E-state index < -0.39 is 10.2 Å². The largest absolute Gasteiger partial charge is 0.370 e. The lowest BCUT2D eigenvalue weighted by atomic mass is 10.1. The topological polar surface area (TPSA) is 238 Å². The highest BCUT2D eigenvalue weighted by molar-refractivity contribution is 7.98. The molecule has 18 heteroatoms. The van der Waals surface area contributed by atoms with Gasteiger partial charge in [0.2, 0.25) is 10.3 Å². The lowest BCUT2D eigenvalue weighted by molar-refractivity contribution is 0.596. The summed E-state index contributed by atoms with van der Waals surface area (Å²) < 4.78 is 30.2. The smallest absolute Gasteiger partial charge is 0.345 e. The van der Waals surface area contributed by atoms with Crippen LogP contribution in [0.15, 0.2) is 54.4 Å². The fourth-order valence-corrected chi connectivity index (χ4v) is 5.99. The van der Waals surface area contributed by atoms with Crippen LogP contribution in [0, 0.1) is 0 Å². The Morgan fingerprint density at radius 3 is 2.54 bits per heavy atom. The van der Waals surface area contributed by atoms with E-state index in [0.29, 0.717) is 39.7 Å². The molecule has 0 unspecified atom stereocenters. The number of hydrogen-bond acceptors (Lipinski definition) is 11. The molecule has 1 aliphatic heterocycles. The minimum atomic E-state index is -3.88. The Balaban J connectivity index is 1.38. The van der Waals surface area contributed by atoms with E-state index in [-0.39, 0.29) is 23.6 Å². The molecule has 0 aliphatic carbocycles. The highest BCUT2D eigenvalue weighted by Gasteiger charge is 2.26. The van der Waals surface area contributed by atoms with Gasteiger partial charge in [-0.15, -0.1) is 27.1 Å². The van der Waals surface area contributed by atoms with Crippen LogP contribution >= 0.6 is 34.4 Å². The first-order chi connectivity index (χ1) is 17.7. The first-order valence-corrected chi connectivity index (χ1v) is 14.7. The summed E-state index contributed by atoms with van der Waals surface area (Å²) in [6.45, 7) is 0.362. The van der Waals surface area contributed by atoms with E-state index >= 15 is 0 Å². The third-order valence-electron chi connectivity index (χ3n) is 4.32. The SMILES string of the molecule is NC(N)=Nc1nc(CSCCN=C2NS(=O)(=O)N=C2Nc2cccc(-c3csc(N=C(N)N)n3)c2)cs1. The van der Waals surface area contributed by atoms with Crippen molar-refractivity contribution in [1.82, 2.24) is 14.7 Å². The van der Waals surface area contributed by atoms with E-state index in [9.17, 15) is 8.42 Å². The maximum atomic E-state index is 12.1. The molecule has 3 heterocycles. The van der Waals surface area contributed by atoms with Gasteiger partial charge in [0, 0.05) is 33.5 Å². The van der Waals surface area contributed by atoms with E-state index in [1.165, 1.54) is 22.7 Å². The Hall–Kier alpha value is -3.74. The van der Waals surface area contributed by atoms with Gasteiger partial charge in [0.15, 0.2) is 23.6 Å². The Morgan fingerprint density at radius 2 is 1.78 bits per heavy atom. The molecular formula is C19H22N12O2S4. The summed E-state index contributed by atoms with van der Waals surface area (Å²) in [6, 6.07) is 7.25. The second-order valence-electron chi connectivity index (χ2n) is 7.22. The molecule has 4 rings (SSSR count). The van der Waals surface area contributed by atoms with Gasteiger partial charge in [0.25, 0.3) is 0 Å². The number of hydrogen-bond donors (Lipinski definition) is 6. The fraction of sp³-hybridized carbons (Fsp3) is 0.158. The van der Waals surface area contributed by atoms with Crippen molar-refractivity contribution in [3.63, 3.8) is 0 Å².